The maximum atomic E-state index is 11.6. The molecule has 0 bridgehead atoms. The zero-order valence-electron chi connectivity index (χ0n) is 8.07. The molecular weight excluding hydrogens is 195 g/mol. The van der Waals surface area contributed by atoms with Gasteiger partial charge in [0, 0.05) is 14.2 Å². The minimum atomic E-state index is -3.60. The standard InChI is InChI=1S/C7H13O5P/c1-5(8)7(6(2)9)13(10,11-3)12-4/h7H,1-4H3. The summed E-state index contributed by atoms with van der Waals surface area (Å²) in [7, 11) is -1.32. The third-order valence-corrected chi connectivity index (χ3v) is 3.97. The van der Waals surface area contributed by atoms with Gasteiger partial charge in [-0.2, -0.15) is 0 Å². The number of Topliss-reactive ketones (excluding diaryl/α,β-unsaturated/α-hetero) is 2. The van der Waals surface area contributed by atoms with E-state index >= 15 is 0 Å². The van der Waals surface area contributed by atoms with Crippen molar-refractivity contribution in [3.8, 4) is 0 Å². The largest absolute Gasteiger partial charge is 0.348 e. The van der Waals surface area contributed by atoms with Crippen molar-refractivity contribution in [2.75, 3.05) is 14.2 Å². The second-order valence-electron chi connectivity index (χ2n) is 2.53. The molecule has 0 aliphatic rings. The number of ketones is 2. The summed E-state index contributed by atoms with van der Waals surface area (Å²) in [5.41, 5.74) is -1.30. The lowest BCUT2D eigenvalue weighted by Gasteiger charge is -2.19. The van der Waals surface area contributed by atoms with Crippen LogP contribution in [0.25, 0.3) is 0 Å². The summed E-state index contributed by atoms with van der Waals surface area (Å²) in [6.45, 7) is 2.35. The van der Waals surface area contributed by atoms with E-state index < -0.39 is 24.8 Å². The molecule has 0 N–H and O–H groups in total. The molecule has 6 heteroatoms. The smallest absolute Gasteiger partial charge is 0.311 e. The van der Waals surface area contributed by atoms with Gasteiger partial charge in [0.25, 0.3) is 0 Å². The third kappa shape index (κ3) is 2.72. The quantitative estimate of drug-likeness (QED) is 0.498. The molecule has 0 radical (unpaired) electrons. The lowest BCUT2D eigenvalue weighted by Crippen LogP contribution is -2.27. The summed E-state index contributed by atoms with van der Waals surface area (Å²) < 4.78 is 20.8. The Bertz CT molecular complexity index is 238. The van der Waals surface area contributed by atoms with Gasteiger partial charge in [-0.3, -0.25) is 14.2 Å². The average molecular weight is 208 g/mol. The summed E-state index contributed by atoms with van der Waals surface area (Å²) in [6.07, 6.45) is 0. The van der Waals surface area contributed by atoms with E-state index in [0.29, 0.717) is 0 Å². The minimum absolute atomic E-state index is 0.514. The van der Waals surface area contributed by atoms with Crippen LogP contribution in [0.4, 0.5) is 0 Å². The van der Waals surface area contributed by atoms with Gasteiger partial charge in [0.1, 0.15) is 0 Å². The molecule has 0 fully saturated rings. The van der Waals surface area contributed by atoms with Crippen LogP contribution >= 0.6 is 7.60 Å². The van der Waals surface area contributed by atoms with Gasteiger partial charge < -0.3 is 9.05 Å². The van der Waals surface area contributed by atoms with Crippen LogP contribution in [0.5, 0.6) is 0 Å². The molecule has 0 saturated carbocycles. The topological polar surface area (TPSA) is 69.7 Å². The molecule has 0 aliphatic carbocycles. The Kier molecular flexibility index (Phi) is 4.47. The summed E-state index contributed by atoms with van der Waals surface area (Å²) in [6, 6.07) is 0. The van der Waals surface area contributed by atoms with E-state index in [1.54, 1.807) is 0 Å². The predicted octanol–water partition coefficient (Wildman–Crippen LogP) is 1.02. The zero-order valence-corrected chi connectivity index (χ0v) is 8.96. The molecule has 13 heavy (non-hydrogen) atoms. The first-order valence-electron chi connectivity index (χ1n) is 3.61. The maximum Gasteiger partial charge on any atom is 0.348 e. The SMILES string of the molecule is COP(=O)(OC)C(C(C)=O)C(C)=O. The van der Waals surface area contributed by atoms with E-state index in [1.807, 2.05) is 0 Å². The molecule has 0 aromatic carbocycles. The van der Waals surface area contributed by atoms with E-state index in [2.05, 4.69) is 9.05 Å². The fraction of sp³-hybridized carbons (Fsp3) is 0.714. The molecule has 0 amide bonds. The average Bonchev–Trinajstić information content (AvgIpc) is 2.02. The molecule has 76 valence electrons. The number of hydrogen-bond acceptors (Lipinski definition) is 5. The molecule has 0 spiro atoms. The molecule has 0 heterocycles. The summed E-state index contributed by atoms with van der Waals surface area (Å²) in [4.78, 5) is 22.0. The molecule has 5 nitrogen and oxygen atoms in total. The Balaban J connectivity index is 5.04. The van der Waals surface area contributed by atoms with Crippen LogP contribution in [0.2, 0.25) is 0 Å². The molecule has 0 rings (SSSR count). The van der Waals surface area contributed by atoms with Crippen molar-refractivity contribution in [2.24, 2.45) is 0 Å². The van der Waals surface area contributed by atoms with Crippen molar-refractivity contribution in [1.29, 1.82) is 0 Å². The van der Waals surface area contributed by atoms with Crippen molar-refractivity contribution < 1.29 is 23.2 Å². The highest BCUT2D eigenvalue weighted by molar-refractivity contribution is 7.57. The normalized spacial score (nSPS) is 11.8. The van der Waals surface area contributed by atoms with Crippen molar-refractivity contribution in [1.82, 2.24) is 0 Å². The van der Waals surface area contributed by atoms with Crippen LogP contribution in [0, 0.1) is 0 Å². The molecule has 0 unspecified atom stereocenters. The van der Waals surface area contributed by atoms with E-state index in [1.165, 1.54) is 13.8 Å². The van der Waals surface area contributed by atoms with Gasteiger partial charge >= 0.3 is 7.60 Å². The number of hydrogen-bond donors (Lipinski definition) is 0. The van der Waals surface area contributed by atoms with E-state index in [0.717, 1.165) is 14.2 Å². The van der Waals surface area contributed by atoms with E-state index in [4.69, 9.17) is 0 Å². The highest BCUT2D eigenvalue weighted by Gasteiger charge is 2.41. The van der Waals surface area contributed by atoms with Gasteiger partial charge in [-0.05, 0) is 13.8 Å². The zero-order chi connectivity index (χ0) is 10.6. The van der Waals surface area contributed by atoms with Crippen LogP contribution in [-0.4, -0.2) is 31.4 Å². The Morgan fingerprint density at radius 3 is 1.46 bits per heavy atom. The Labute approximate surface area is 76.9 Å². The highest BCUT2D eigenvalue weighted by atomic mass is 31.2. The third-order valence-electron chi connectivity index (χ3n) is 1.60. The van der Waals surface area contributed by atoms with E-state index in [-0.39, 0.29) is 0 Å². The Morgan fingerprint density at radius 1 is 1.08 bits per heavy atom. The van der Waals surface area contributed by atoms with Crippen molar-refractivity contribution in [3.05, 3.63) is 0 Å². The van der Waals surface area contributed by atoms with Gasteiger partial charge in [-0.25, -0.2) is 0 Å². The fourth-order valence-electron chi connectivity index (χ4n) is 1.02. The van der Waals surface area contributed by atoms with Gasteiger partial charge in [-0.1, -0.05) is 0 Å². The summed E-state index contributed by atoms with van der Waals surface area (Å²) in [5, 5.41) is 0. The van der Waals surface area contributed by atoms with Gasteiger partial charge in [-0.15, -0.1) is 0 Å². The Hall–Kier alpha value is -0.510. The maximum absolute atomic E-state index is 11.6. The fourth-order valence-corrected chi connectivity index (χ4v) is 2.48. The Morgan fingerprint density at radius 2 is 1.38 bits per heavy atom. The molecule has 0 saturated heterocycles. The van der Waals surface area contributed by atoms with Gasteiger partial charge in [0.15, 0.2) is 17.2 Å². The van der Waals surface area contributed by atoms with Crippen LogP contribution in [0.3, 0.4) is 0 Å². The lowest BCUT2D eigenvalue weighted by molar-refractivity contribution is -0.124. The van der Waals surface area contributed by atoms with Crippen LogP contribution in [-0.2, 0) is 23.2 Å². The van der Waals surface area contributed by atoms with Gasteiger partial charge in [0.05, 0.1) is 0 Å². The molecule has 0 aromatic heterocycles. The van der Waals surface area contributed by atoms with Crippen LogP contribution in [0.15, 0.2) is 0 Å². The first-order valence-corrected chi connectivity index (χ1v) is 5.22. The molecule has 0 aromatic rings. The van der Waals surface area contributed by atoms with Crippen molar-refractivity contribution in [3.63, 3.8) is 0 Å². The van der Waals surface area contributed by atoms with E-state index in [9.17, 15) is 14.2 Å². The predicted molar refractivity (Wildman–Crippen MR) is 46.8 cm³/mol. The van der Waals surface area contributed by atoms with Crippen LogP contribution in [0.1, 0.15) is 13.8 Å². The summed E-state index contributed by atoms with van der Waals surface area (Å²) in [5.74, 6) is -1.03. The van der Waals surface area contributed by atoms with Gasteiger partial charge in [0.2, 0.25) is 0 Å². The van der Waals surface area contributed by atoms with Crippen LogP contribution < -0.4 is 0 Å². The number of rotatable bonds is 5. The van der Waals surface area contributed by atoms with Crippen molar-refractivity contribution in [2.45, 2.75) is 19.5 Å². The highest BCUT2D eigenvalue weighted by Crippen LogP contribution is 2.52. The monoisotopic (exact) mass is 208 g/mol. The van der Waals surface area contributed by atoms with Crippen molar-refractivity contribution >= 4 is 19.2 Å². The number of carbonyl (C=O) groups excluding carboxylic acids is 2. The molecular formula is C7H13O5P. The lowest BCUT2D eigenvalue weighted by atomic mass is 10.2. The second kappa shape index (κ2) is 4.65. The first kappa shape index (κ1) is 12.5. The number of carbonyl (C=O) groups is 2. The minimum Gasteiger partial charge on any atom is -0.311 e. The molecule has 0 atom stereocenters. The summed E-state index contributed by atoms with van der Waals surface area (Å²) >= 11 is 0. The second-order valence-corrected chi connectivity index (χ2v) is 4.86. The molecule has 0 aliphatic heterocycles. The first-order chi connectivity index (χ1) is 5.89.